The average Bonchev–Trinajstić information content (AvgIpc) is 2.99. The number of nitrogens with one attached hydrogen (secondary N) is 1. The molecule has 0 atom stereocenters. The molecule has 4 rings (SSSR count). The molecule has 1 aliphatic heterocycles. The van der Waals surface area contributed by atoms with E-state index in [4.69, 9.17) is 0 Å². The van der Waals surface area contributed by atoms with Gasteiger partial charge in [0.15, 0.2) is 0 Å². The summed E-state index contributed by atoms with van der Waals surface area (Å²) in [7, 11) is 0. The van der Waals surface area contributed by atoms with E-state index in [2.05, 4.69) is 45.3 Å². The van der Waals surface area contributed by atoms with Crippen LogP contribution in [0.25, 0.3) is 10.9 Å². The summed E-state index contributed by atoms with van der Waals surface area (Å²) in [6.07, 6.45) is 5.59. The number of nitrogens with zero attached hydrogens (tertiary/aromatic N) is 4. The van der Waals surface area contributed by atoms with Gasteiger partial charge in [0.2, 0.25) is 5.91 Å². The Hall–Kier alpha value is -2.89. The Balaban J connectivity index is 1.36. The number of piperidine rings is 1. The van der Waals surface area contributed by atoms with Crippen LogP contribution in [-0.4, -0.2) is 44.7 Å². The van der Waals surface area contributed by atoms with E-state index in [9.17, 15) is 4.79 Å². The Labute approximate surface area is 152 Å². The van der Waals surface area contributed by atoms with Crippen molar-refractivity contribution in [3.63, 3.8) is 0 Å². The molecule has 0 radical (unpaired) electrons. The SMILES string of the molecule is Cc1cn(CC(=O)N2CCC(Nc3cccnn3)CC2)c2ccccc12. The molecule has 2 aromatic heterocycles. The maximum absolute atomic E-state index is 12.7. The van der Waals surface area contributed by atoms with E-state index in [1.165, 1.54) is 10.9 Å². The summed E-state index contributed by atoms with van der Waals surface area (Å²) < 4.78 is 2.07. The molecule has 1 aromatic carbocycles. The molecule has 3 aromatic rings. The molecule has 0 aliphatic carbocycles. The summed E-state index contributed by atoms with van der Waals surface area (Å²) in [5.41, 5.74) is 2.33. The summed E-state index contributed by atoms with van der Waals surface area (Å²) in [6.45, 7) is 4.04. The zero-order valence-electron chi connectivity index (χ0n) is 14.9. The number of aromatic nitrogens is 3. The fourth-order valence-corrected chi connectivity index (χ4v) is 3.67. The van der Waals surface area contributed by atoms with Crippen LogP contribution in [0.4, 0.5) is 5.82 Å². The van der Waals surface area contributed by atoms with Crippen LogP contribution >= 0.6 is 0 Å². The Morgan fingerprint density at radius 2 is 2.00 bits per heavy atom. The maximum atomic E-state index is 12.7. The van der Waals surface area contributed by atoms with Gasteiger partial charge in [0.25, 0.3) is 0 Å². The predicted molar refractivity (Wildman–Crippen MR) is 102 cm³/mol. The number of fused-ring (bicyclic) bond motifs is 1. The lowest BCUT2D eigenvalue weighted by Crippen LogP contribution is -2.43. The monoisotopic (exact) mass is 349 g/mol. The third-order valence-electron chi connectivity index (χ3n) is 5.07. The van der Waals surface area contributed by atoms with E-state index in [0.29, 0.717) is 12.6 Å². The number of carbonyl (C=O) groups is 1. The van der Waals surface area contributed by atoms with Gasteiger partial charge in [0.1, 0.15) is 12.4 Å². The van der Waals surface area contributed by atoms with Gasteiger partial charge in [-0.3, -0.25) is 4.79 Å². The summed E-state index contributed by atoms with van der Waals surface area (Å²) in [5, 5.41) is 12.6. The van der Waals surface area contributed by atoms with Gasteiger partial charge in [-0.05, 0) is 43.5 Å². The third-order valence-corrected chi connectivity index (χ3v) is 5.07. The normalized spacial score (nSPS) is 15.3. The van der Waals surface area contributed by atoms with E-state index in [1.54, 1.807) is 6.20 Å². The van der Waals surface area contributed by atoms with E-state index in [-0.39, 0.29) is 5.91 Å². The van der Waals surface area contributed by atoms with Crippen molar-refractivity contribution < 1.29 is 4.79 Å². The summed E-state index contributed by atoms with van der Waals surface area (Å²) >= 11 is 0. The fourth-order valence-electron chi connectivity index (χ4n) is 3.67. The lowest BCUT2D eigenvalue weighted by atomic mass is 10.0. The number of carbonyl (C=O) groups excluding carboxylic acids is 1. The summed E-state index contributed by atoms with van der Waals surface area (Å²) in [6, 6.07) is 12.4. The van der Waals surface area contributed by atoms with Crippen molar-refractivity contribution in [3.8, 4) is 0 Å². The molecule has 0 unspecified atom stereocenters. The molecule has 1 fully saturated rings. The average molecular weight is 349 g/mol. The van der Waals surface area contributed by atoms with Crippen molar-refractivity contribution in [2.24, 2.45) is 0 Å². The van der Waals surface area contributed by atoms with Crippen LogP contribution in [0, 0.1) is 6.92 Å². The first-order valence-corrected chi connectivity index (χ1v) is 9.07. The lowest BCUT2D eigenvalue weighted by molar-refractivity contribution is -0.132. The van der Waals surface area contributed by atoms with Crippen molar-refractivity contribution in [1.29, 1.82) is 0 Å². The second-order valence-corrected chi connectivity index (χ2v) is 6.87. The van der Waals surface area contributed by atoms with Crippen molar-refractivity contribution in [2.45, 2.75) is 32.4 Å². The second kappa shape index (κ2) is 7.15. The maximum Gasteiger partial charge on any atom is 0.242 e. The number of rotatable bonds is 4. The van der Waals surface area contributed by atoms with E-state index < -0.39 is 0 Å². The minimum atomic E-state index is 0.184. The largest absolute Gasteiger partial charge is 0.366 e. The first-order valence-electron chi connectivity index (χ1n) is 9.07. The molecule has 3 heterocycles. The number of amides is 1. The number of hydrogen-bond acceptors (Lipinski definition) is 4. The number of aryl methyl sites for hydroxylation is 1. The topological polar surface area (TPSA) is 63.1 Å². The van der Waals surface area contributed by atoms with Gasteiger partial charge in [-0.2, -0.15) is 5.10 Å². The van der Waals surface area contributed by atoms with Gasteiger partial charge >= 0.3 is 0 Å². The molecule has 0 bridgehead atoms. The lowest BCUT2D eigenvalue weighted by Gasteiger charge is -2.32. The predicted octanol–water partition coefficient (Wildman–Crippen LogP) is 2.84. The van der Waals surface area contributed by atoms with Gasteiger partial charge in [-0.1, -0.05) is 18.2 Å². The molecule has 26 heavy (non-hydrogen) atoms. The number of hydrogen-bond donors (Lipinski definition) is 1. The Morgan fingerprint density at radius 3 is 2.77 bits per heavy atom. The first kappa shape index (κ1) is 16.6. The highest BCUT2D eigenvalue weighted by Gasteiger charge is 2.23. The Morgan fingerprint density at radius 1 is 1.19 bits per heavy atom. The minimum Gasteiger partial charge on any atom is -0.366 e. The van der Waals surface area contributed by atoms with Crippen LogP contribution < -0.4 is 5.32 Å². The molecule has 1 saturated heterocycles. The van der Waals surface area contributed by atoms with Crippen LogP contribution in [0.3, 0.4) is 0 Å². The highest BCUT2D eigenvalue weighted by Crippen LogP contribution is 2.21. The Bertz CT molecular complexity index is 897. The molecule has 6 nitrogen and oxygen atoms in total. The Kier molecular flexibility index (Phi) is 4.56. The molecule has 6 heteroatoms. The van der Waals surface area contributed by atoms with Gasteiger partial charge in [-0.25, -0.2) is 0 Å². The number of benzene rings is 1. The minimum absolute atomic E-state index is 0.184. The van der Waals surface area contributed by atoms with E-state index in [1.807, 2.05) is 29.2 Å². The van der Waals surface area contributed by atoms with Crippen molar-refractivity contribution >= 4 is 22.6 Å². The molecule has 1 aliphatic rings. The smallest absolute Gasteiger partial charge is 0.242 e. The molecular weight excluding hydrogens is 326 g/mol. The summed E-state index contributed by atoms with van der Waals surface area (Å²) in [5.74, 6) is 0.982. The van der Waals surface area contributed by atoms with Crippen LogP contribution in [0.2, 0.25) is 0 Å². The molecule has 0 saturated carbocycles. The van der Waals surface area contributed by atoms with Gasteiger partial charge in [-0.15, -0.1) is 5.10 Å². The zero-order valence-corrected chi connectivity index (χ0v) is 14.9. The van der Waals surface area contributed by atoms with Gasteiger partial charge in [0, 0.05) is 42.4 Å². The number of anilines is 1. The number of para-hydroxylation sites is 1. The second-order valence-electron chi connectivity index (χ2n) is 6.87. The number of likely N-dealkylation sites (tertiary alicyclic amines) is 1. The van der Waals surface area contributed by atoms with Gasteiger partial charge < -0.3 is 14.8 Å². The molecule has 1 N–H and O–H groups in total. The zero-order chi connectivity index (χ0) is 17.9. The molecule has 1 amide bonds. The standard InChI is InChI=1S/C20H23N5O/c1-15-13-25(18-6-3-2-5-17(15)18)14-20(26)24-11-8-16(9-12-24)22-19-7-4-10-21-23-19/h2-7,10,13,16H,8-9,11-12,14H2,1H3,(H,22,23). The van der Waals surface area contributed by atoms with Crippen molar-refractivity contribution in [3.05, 3.63) is 54.4 Å². The van der Waals surface area contributed by atoms with Crippen LogP contribution in [-0.2, 0) is 11.3 Å². The molecule has 134 valence electrons. The highest BCUT2D eigenvalue weighted by atomic mass is 16.2. The van der Waals surface area contributed by atoms with E-state index in [0.717, 1.165) is 37.3 Å². The molecule has 0 spiro atoms. The molecular formula is C20H23N5O. The van der Waals surface area contributed by atoms with Crippen LogP contribution in [0.15, 0.2) is 48.8 Å². The quantitative estimate of drug-likeness (QED) is 0.787. The fraction of sp³-hybridized carbons (Fsp3) is 0.350. The summed E-state index contributed by atoms with van der Waals surface area (Å²) in [4.78, 5) is 14.7. The first-order chi connectivity index (χ1) is 12.7. The third kappa shape index (κ3) is 3.40. The van der Waals surface area contributed by atoms with Crippen LogP contribution in [0.1, 0.15) is 18.4 Å². The van der Waals surface area contributed by atoms with Gasteiger partial charge in [0.05, 0.1) is 0 Å². The van der Waals surface area contributed by atoms with Crippen molar-refractivity contribution in [1.82, 2.24) is 19.7 Å². The van der Waals surface area contributed by atoms with Crippen LogP contribution in [0.5, 0.6) is 0 Å². The highest BCUT2D eigenvalue weighted by molar-refractivity contribution is 5.86. The van der Waals surface area contributed by atoms with Crippen molar-refractivity contribution in [2.75, 3.05) is 18.4 Å². The van der Waals surface area contributed by atoms with E-state index >= 15 is 0 Å².